The molecule has 3 rings (SSSR count). The van der Waals surface area contributed by atoms with Gasteiger partial charge in [-0.25, -0.2) is 0 Å². The smallest absolute Gasteiger partial charge is 0.250 e. The fraction of sp³-hybridized carbons (Fsp3) is 0.235. The minimum Gasteiger partial charge on any atom is -0.488 e. The van der Waals surface area contributed by atoms with Crippen LogP contribution in [0.25, 0.3) is 6.08 Å². The highest BCUT2D eigenvalue weighted by atomic mass is 79.9. The van der Waals surface area contributed by atoms with Crippen molar-refractivity contribution in [3.8, 4) is 5.75 Å². The average Bonchev–Trinajstić information content (AvgIpc) is 2.99. The number of carbonyl (C=O) groups is 1. The van der Waals surface area contributed by atoms with Crippen molar-refractivity contribution in [3.63, 3.8) is 0 Å². The van der Waals surface area contributed by atoms with Gasteiger partial charge in [0.15, 0.2) is 0 Å². The molecule has 1 N–H and O–H groups in total. The largest absolute Gasteiger partial charge is 0.488 e. The molecule has 0 spiro atoms. The van der Waals surface area contributed by atoms with E-state index in [4.69, 9.17) is 9.15 Å². The molecule has 2 heterocycles. The van der Waals surface area contributed by atoms with Gasteiger partial charge in [-0.15, -0.1) is 0 Å². The number of furan rings is 1. The lowest BCUT2D eigenvalue weighted by Gasteiger charge is -2.19. The molecule has 1 aromatic heterocycles. The van der Waals surface area contributed by atoms with E-state index in [1.807, 2.05) is 43.3 Å². The summed E-state index contributed by atoms with van der Waals surface area (Å²) >= 11 is 3.43. The van der Waals surface area contributed by atoms with Crippen molar-refractivity contribution < 1.29 is 13.9 Å². The maximum absolute atomic E-state index is 12.3. The van der Waals surface area contributed by atoms with E-state index in [1.54, 1.807) is 6.26 Å². The van der Waals surface area contributed by atoms with E-state index in [0.717, 1.165) is 21.5 Å². The van der Waals surface area contributed by atoms with Gasteiger partial charge in [0, 0.05) is 22.5 Å². The Balaban J connectivity index is 1.67. The summed E-state index contributed by atoms with van der Waals surface area (Å²) in [6.45, 7) is 2.24. The normalized spacial score (nSPS) is 14.5. The molecule has 1 aliphatic rings. The van der Waals surface area contributed by atoms with Crippen molar-refractivity contribution in [2.75, 3.05) is 6.61 Å². The van der Waals surface area contributed by atoms with Crippen LogP contribution in [0.15, 0.2) is 51.1 Å². The Hall–Kier alpha value is -2.01. The molecule has 0 aliphatic carbocycles. The summed E-state index contributed by atoms with van der Waals surface area (Å²) in [6, 6.07) is 9.49. The first-order chi connectivity index (χ1) is 10.6. The molecule has 0 unspecified atom stereocenters. The molecule has 1 atom stereocenters. The SMILES string of the molecule is C[C@@H](Cc1ccco1)NC(=O)C1=Cc2cc(Br)ccc2OC1. The van der Waals surface area contributed by atoms with Crippen LogP contribution in [0.2, 0.25) is 0 Å². The molecular formula is C17H16BrNO3. The Bertz CT molecular complexity index is 707. The highest BCUT2D eigenvalue weighted by Gasteiger charge is 2.19. The maximum Gasteiger partial charge on any atom is 0.250 e. The molecule has 1 amide bonds. The number of rotatable bonds is 4. The molecule has 2 aromatic rings. The average molecular weight is 362 g/mol. The van der Waals surface area contributed by atoms with Gasteiger partial charge in [0.25, 0.3) is 5.91 Å². The number of nitrogens with one attached hydrogen (secondary N) is 1. The summed E-state index contributed by atoms with van der Waals surface area (Å²) in [5, 5.41) is 2.97. The first-order valence-electron chi connectivity index (χ1n) is 7.08. The van der Waals surface area contributed by atoms with Crippen molar-refractivity contribution in [2.45, 2.75) is 19.4 Å². The van der Waals surface area contributed by atoms with E-state index >= 15 is 0 Å². The highest BCUT2D eigenvalue weighted by Crippen LogP contribution is 2.29. The number of fused-ring (bicyclic) bond motifs is 1. The van der Waals surface area contributed by atoms with Gasteiger partial charge >= 0.3 is 0 Å². The van der Waals surface area contributed by atoms with E-state index in [-0.39, 0.29) is 18.6 Å². The first kappa shape index (κ1) is 14.9. The standard InChI is InChI=1S/C17H16BrNO3/c1-11(7-15-3-2-6-21-15)19-17(20)13-8-12-9-14(18)4-5-16(12)22-10-13/h2-6,8-9,11H,7,10H2,1H3,(H,19,20)/t11-/m0/s1. The van der Waals surface area contributed by atoms with Crippen molar-refractivity contribution in [3.05, 3.63) is 58.0 Å². The van der Waals surface area contributed by atoms with Gasteiger partial charge in [-0.05, 0) is 43.3 Å². The third-order valence-corrected chi connectivity index (χ3v) is 3.93. The van der Waals surface area contributed by atoms with Crippen molar-refractivity contribution >= 4 is 27.9 Å². The van der Waals surface area contributed by atoms with Gasteiger partial charge in [-0.2, -0.15) is 0 Å². The van der Waals surface area contributed by atoms with Crippen molar-refractivity contribution in [1.82, 2.24) is 5.32 Å². The summed E-state index contributed by atoms with van der Waals surface area (Å²) in [5.41, 5.74) is 1.53. The van der Waals surface area contributed by atoms with Crippen LogP contribution in [0.3, 0.4) is 0 Å². The first-order valence-corrected chi connectivity index (χ1v) is 7.87. The van der Waals surface area contributed by atoms with E-state index < -0.39 is 0 Å². The van der Waals surface area contributed by atoms with Gasteiger partial charge in [-0.3, -0.25) is 4.79 Å². The van der Waals surface area contributed by atoms with Crippen molar-refractivity contribution in [2.24, 2.45) is 0 Å². The third kappa shape index (κ3) is 3.42. The number of ether oxygens (including phenoxy) is 1. The van der Waals surface area contributed by atoms with E-state index in [9.17, 15) is 4.79 Å². The Morgan fingerprint density at radius 2 is 2.27 bits per heavy atom. The highest BCUT2D eigenvalue weighted by molar-refractivity contribution is 9.10. The quantitative estimate of drug-likeness (QED) is 0.905. The lowest BCUT2D eigenvalue weighted by molar-refractivity contribution is -0.118. The van der Waals surface area contributed by atoms with Crippen LogP contribution in [0.4, 0.5) is 0 Å². The Labute approximate surface area is 137 Å². The second-order valence-corrected chi connectivity index (χ2v) is 6.21. The molecule has 22 heavy (non-hydrogen) atoms. The predicted octanol–water partition coefficient (Wildman–Crippen LogP) is 3.57. The molecule has 0 fully saturated rings. The Kier molecular flexibility index (Phi) is 4.34. The zero-order valence-electron chi connectivity index (χ0n) is 12.1. The number of carbonyl (C=O) groups excluding carboxylic acids is 1. The molecule has 4 nitrogen and oxygen atoms in total. The molecule has 5 heteroatoms. The van der Waals surface area contributed by atoms with E-state index in [1.165, 1.54) is 0 Å². The zero-order valence-corrected chi connectivity index (χ0v) is 13.7. The van der Waals surface area contributed by atoms with E-state index in [0.29, 0.717) is 12.0 Å². The number of benzene rings is 1. The van der Waals surface area contributed by atoms with Crippen LogP contribution >= 0.6 is 15.9 Å². The van der Waals surface area contributed by atoms with Gasteiger partial charge in [0.2, 0.25) is 0 Å². The fourth-order valence-corrected chi connectivity index (χ4v) is 2.76. The Morgan fingerprint density at radius 3 is 3.05 bits per heavy atom. The molecule has 0 radical (unpaired) electrons. The van der Waals surface area contributed by atoms with Gasteiger partial charge in [-0.1, -0.05) is 15.9 Å². The third-order valence-electron chi connectivity index (χ3n) is 3.44. The second kappa shape index (κ2) is 6.40. The fourth-order valence-electron chi connectivity index (χ4n) is 2.38. The summed E-state index contributed by atoms with van der Waals surface area (Å²) in [5.74, 6) is 1.55. The molecule has 1 aliphatic heterocycles. The van der Waals surface area contributed by atoms with Crippen LogP contribution in [0.5, 0.6) is 5.75 Å². The number of hydrogen-bond donors (Lipinski definition) is 1. The summed E-state index contributed by atoms with van der Waals surface area (Å²) in [6.07, 6.45) is 4.17. The minimum absolute atomic E-state index is 0.0107. The maximum atomic E-state index is 12.3. The van der Waals surface area contributed by atoms with Gasteiger partial charge in [0.05, 0.1) is 11.8 Å². The molecular weight excluding hydrogens is 346 g/mol. The predicted molar refractivity (Wildman–Crippen MR) is 87.6 cm³/mol. The van der Waals surface area contributed by atoms with Gasteiger partial charge < -0.3 is 14.5 Å². The number of halogens is 1. The second-order valence-electron chi connectivity index (χ2n) is 5.30. The van der Waals surface area contributed by atoms with Gasteiger partial charge in [0.1, 0.15) is 18.1 Å². The lowest BCUT2D eigenvalue weighted by atomic mass is 10.1. The van der Waals surface area contributed by atoms with Crippen LogP contribution in [-0.2, 0) is 11.2 Å². The summed E-state index contributed by atoms with van der Waals surface area (Å²) in [4.78, 5) is 12.3. The summed E-state index contributed by atoms with van der Waals surface area (Å²) < 4.78 is 11.9. The zero-order chi connectivity index (χ0) is 15.5. The van der Waals surface area contributed by atoms with Crippen LogP contribution < -0.4 is 10.1 Å². The number of hydrogen-bond acceptors (Lipinski definition) is 3. The topological polar surface area (TPSA) is 51.5 Å². The molecule has 0 saturated heterocycles. The van der Waals surface area contributed by atoms with Crippen LogP contribution in [0.1, 0.15) is 18.2 Å². The number of amides is 1. The molecule has 1 aromatic carbocycles. The minimum atomic E-state index is -0.107. The monoisotopic (exact) mass is 361 g/mol. The van der Waals surface area contributed by atoms with Crippen molar-refractivity contribution in [1.29, 1.82) is 0 Å². The molecule has 114 valence electrons. The van der Waals surface area contributed by atoms with Crippen LogP contribution in [0, 0.1) is 0 Å². The summed E-state index contributed by atoms with van der Waals surface area (Å²) in [7, 11) is 0. The lowest BCUT2D eigenvalue weighted by Crippen LogP contribution is -2.36. The van der Waals surface area contributed by atoms with Crippen LogP contribution in [-0.4, -0.2) is 18.6 Å². The molecule has 0 bridgehead atoms. The van der Waals surface area contributed by atoms with E-state index in [2.05, 4.69) is 21.2 Å². The molecule has 0 saturated carbocycles. The Morgan fingerprint density at radius 1 is 1.41 bits per heavy atom.